The smallest absolute Gasteiger partial charge is 0.0847 e. The maximum absolute atomic E-state index is 6.49. The van der Waals surface area contributed by atoms with Gasteiger partial charge in [-0.1, -0.05) is 35.9 Å². The average Bonchev–Trinajstić information content (AvgIpc) is 3.01. The van der Waals surface area contributed by atoms with Gasteiger partial charge in [0, 0.05) is 24.9 Å². The van der Waals surface area contributed by atoms with Crippen molar-refractivity contribution in [2.75, 3.05) is 6.54 Å². The van der Waals surface area contributed by atoms with Crippen LogP contribution in [0, 0.1) is 6.92 Å². The molecule has 0 fully saturated rings. The summed E-state index contributed by atoms with van der Waals surface area (Å²) >= 11 is 6.49. The van der Waals surface area contributed by atoms with Crippen molar-refractivity contribution in [2.45, 2.75) is 45.1 Å². The topological polar surface area (TPSA) is 43.8 Å². The average molecular weight is 304 g/mol. The molecule has 0 spiro atoms. The molecular weight excluding hydrogens is 282 g/mol. The summed E-state index contributed by atoms with van der Waals surface area (Å²) in [5, 5.41) is 5.34. The molecule has 1 aromatic heterocycles. The van der Waals surface area contributed by atoms with E-state index in [1.165, 1.54) is 11.1 Å². The Morgan fingerprint density at radius 2 is 2.14 bits per heavy atom. The van der Waals surface area contributed by atoms with E-state index in [1.54, 1.807) is 0 Å². The molecule has 0 amide bonds. The quantitative estimate of drug-likeness (QED) is 0.942. The second-order valence-electron chi connectivity index (χ2n) is 5.98. The lowest BCUT2D eigenvalue weighted by atomic mass is 9.78. The molecule has 112 valence electrons. The van der Waals surface area contributed by atoms with Gasteiger partial charge in [0.25, 0.3) is 0 Å². The molecule has 2 aromatic rings. The Morgan fingerprint density at radius 1 is 1.38 bits per heavy atom. The van der Waals surface area contributed by atoms with E-state index in [0.29, 0.717) is 6.54 Å². The molecule has 2 N–H and O–H groups in total. The molecule has 1 atom stereocenters. The maximum Gasteiger partial charge on any atom is 0.0847 e. The standard InChI is InChI=1S/C17H22ClN3/c1-3-21-15(16(18)12(2)20-21)10-17(11-19)9-8-13-6-4-5-7-14(13)17/h4-7H,3,8-11,19H2,1-2H3. The first-order valence-electron chi connectivity index (χ1n) is 7.61. The van der Waals surface area contributed by atoms with E-state index in [2.05, 4.69) is 36.3 Å². The van der Waals surface area contributed by atoms with Crippen molar-refractivity contribution in [3.8, 4) is 0 Å². The van der Waals surface area contributed by atoms with Crippen LogP contribution in [-0.2, 0) is 24.8 Å². The number of hydrogen-bond donors (Lipinski definition) is 1. The van der Waals surface area contributed by atoms with E-state index in [1.807, 2.05) is 11.6 Å². The Hall–Kier alpha value is -1.32. The fourth-order valence-electron chi connectivity index (χ4n) is 3.59. The van der Waals surface area contributed by atoms with Crippen molar-refractivity contribution in [1.29, 1.82) is 0 Å². The van der Waals surface area contributed by atoms with Crippen LogP contribution in [-0.4, -0.2) is 16.3 Å². The van der Waals surface area contributed by atoms with Gasteiger partial charge in [0.15, 0.2) is 0 Å². The van der Waals surface area contributed by atoms with E-state index in [9.17, 15) is 0 Å². The number of fused-ring (bicyclic) bond motifs is 1. The molecule has 4 heteroatoms. The highest BCUT2D eigenvalue weighted by Crippen LogP contribution is 2.42. The Balaban J connectivity index is 2.04. The molecule has 1 aliphatic carbocycles. The van der Waals surface area contributed by atoms with Crippen molar-refractivity contribution >= 4 is 11.6 Å². The van der Waals surface area contributed by atoms with Crippen molar-refractivity contribution < 1.29 is 0 Å². The monoisotopic (exact) mass is 303 g/mol. The number of halogens is 1. The summed E-state index contributed by atoms with van der Waals surface area (Å²) in [4.78, 5) is 0. The first-order valence-corrected chi connectivity index (χ1v) is 7.99. The first-order chi connectivity index (χ1) is 10.1. The van der Waals surface area contributed by atoms with Crippen LogP contribution >= 0.6 is 11.6 Å². The lowest BCUT2D eigenvalue weighted by Crippen LogP contribution is -2.36. The molecule has 1 heterocycles. The van der Waals surface area contributed by atoms with Gasteiger partial charge in [-0.2, -0.15) is 5.10 Å². The third kappa shape index (κ3) is 2.29. The largest absolute Gasteiger partial charge is 0.330 e. The molecule has 0 saturated carbocycles. The third-order valence-electron chi connectivity index (χ3n) is 4.81. The van der Waals surface area contributed by atoms with Gasteiger partial charge in [0.1, 0.15) is 0 Å². The summed E-state index contributed by atoms with van der Waals surface area (Å²) in [6.07, 6.45) is 3.06. The zero-order valence-corrected chi connectivity index (χ0v) is 13.5. The zero-order valence-electron chi connectivity index (χ0n) is 12.7. The van der Waals surface area contributed by atoms with Crippen LogP contribution in [0.1, 0.15) is 35.9 Å². The van der Waals surface area contributed by atoms with Crippen LogP contribution in [0.15, 0.2) is 24.3 Å². The molecule has 1 unspecified atom stereocenters. The molecule has 1 aromatic carbocycles. The Kier molecular flexibility index (Phi) is 3.80. The summed E-state index contributed by atoms with van der Waals surface area (Å²) in [6, 6.07) is 8.66. The van der Waals surface area contributed by atoms with Crippen molar-refractivity contribution in [1.82, 2.24) is 9.78 Å². The highest BCUT2D eigenvalue weighted by Gasteiger charge is 2.39. The minimum atomic E-state index is -0.000370. The molecular formula is C17H22ClN3. The van der Waals surface area contributed by atoms with E-state index in [4.69, 9.17) is 17.3 Å². The Bertz CT molecular complexity index is 662. The van der Waals surface area contributed by atoms with Gasteiger partial charge in [-0.3, -0.25) is 4.68 Å². The fraction of sp³-hybridized carbons (Fsp3) is 0.471. The predicted molar refractivity (Wildman–Crippen MR) is 86.8 cm³/mol. The van der Waals surface area contributed by atoms with Crippen molar-refractivity contribution in [2.24, 2.45) is 5.73 Å². The third-order valence-corrected chi connectivity index (χ3v) is 5.30. The molecule has 21 heavy (non-hydrogen) atoms. The number of benzene rings is 1. The summed E-state index contributed by atoms with van der Waals surface area (Å²) < 4.78 is 2.02. The number of hydrogen-bond acceptors (Lipinski definition) is 2. The molecule has 3 rings (SSSR count). The van der Waals surface area contributed by atoms with Crippen molar-refractivity contribution in [3.63, 3.8) is 0 Å². The van der Waals surface area contributed by atoms with E-state index < -0.39 is 0 Å². The second kappa shape index (κ2) is 5.47. The van der Waals surface area contributed by atoms with Gasteiger partial charge in [0.2, 0.25) is 0 Å². The Morgan fingerprint density at radius 3 is 2.86 bits per heavy atom. The normalized spacial score (nSPS) is 20.8. The Labute approximate surface area is 131 Å². The van der Waals surface area contributed by atoms with E-state index >= 15 is 0 Å². The molecule has 0 saturated heterocycles. The van der Waals surface area contributed by atoms with E-state index in [0.717, 1.165) is 42.2 Å². The van der Waals surface area contributed by atoms with E-state index in [-0.39, 0.29) is 5.41 Å². The summed E-state index contributed by atoms with van der Waals surface area (Å²) in [5.74, 6) is 0. The van der Waals surface area contributed by atoms with Crippen LogP contribution in [0.3, 0.4) is 0 Å². The lowest BCUT2D eigenvalue weighted by Gasteiger charge is -2.29. The van der Waals surface area contributed by atoms with Gasteiger partial charge >= 0.3 is 0 Å². The van der Waals surface area contributed by atoms with Crippen LogP contribution in [0.4, 0.5) is 0 Å². The van der Waals surface area contributed by atoms with Gasteiger partial charge in [0.05, 0.1) is 16.4 Å². The minimum Gasteiger partial charge on any atom is -0.330 e. The highest BCUT2D eigenvalue weighted by atomic mass is 35.5. The van der Waals surface area contributed by atoms with Gasteiger partial charge < -0.3 is 5.73 Å². The van der Waals surface area contributed by atoms with Crippen LogP contribution < -0.4 is 5.73 Å². The number of nitrogens with zero attached hydrogens (tertiary/aromatic N) is 2. The zero-order chi connectivity index (χ0) is 15.0. The number of nitrogens with two attached hydrogens (primary N) is 1. The minimum absolute atomic E-state index is 0.000370. The second-order valence-corrected chi connectivity index (χ2v) is 6.36. The van der Waals surface area contributed by atoms with Crippen molar-refractivity contribution in [3.05, 3.63) is 51.8 Å². The SMILES string of the molecule is CCn1nc(C)c(Cl)c1CC1(CN)CCc2ccccc21. The van der Waals surface area contributed by atoms with Gasteiger partial charge in [-0.15, -0.1) is 0 Å². The van der Waals surface area contributed by atoms with Crippen LogP contribution in [0.25, 0.3) is 0 Å². The molecule has 0 radical (unpaired) electrons. The predicted octanol–water partition coefficient (Wildman–Crippen LogP) is 3.25. The fourth-order valence-corrected chi connectivity index (χ4v) is 3.79. The molecule has 1 aliphatic rings. The summed E-state index contributed by atoms with van der Waals surface area (Å²) in [6.45, 7) is 5.55. The summed E-state index contributed by atoms with van der Waals surface area (Å²) in [5.41, 5.74) is 11.1. The lowest BCUT2D eigenvalue weighted by molar-refractivity contribution is 0.414. The maximum atomic E-state index is 6.49. The molecule has 3 nitrogen and oxygen atoms in total. The van der Waals surface area contributed by atoms with Gasteiger partial charge in [-0.25, -0.2) is 0 Å². The number of rotatable bonds is 4. The first kappa shape index (κ1) is 14.6. The molecule has 0 aliphatic heterocycles. The highest BCUT2D eigenvalue weighted by molar-refractivity contribution is 6.31. The number of aryl methyl sites for hydroxylation is 3. The molecule has 0 bridgehead atoms. The van der Waals surface area contributed by atoms with Gasteiger partial charge in [-0.05, 0) is 37.8 Å². The van der Waals surface area contributed by atoms with Crippen LogP contribution in [0.5, 0.6) is 0 Å². The van der Waals surface area contributed by atoms with Crippen LogP contribution in [0.2, 0.25) is 5.02 Å². The number of aromatic nitrogens is 2. The summed E-state index contributed by atoms with van der Waals surface area (Å²) in [7, 11) is 0.